The lowest BCUT2D eigenvalue weighted by molar-refractivity contribution is 0.393. The van der Waals surface area contributed by atoms with Crippen molar-refractivity contribution >= 4 is 10.0 Å². The molecule has 2 atom stereocenters. The van der Waals surface area contributed by atoms with Crippen LogP contribution < -0.4 is 5.32 Å². The molecular weight excluding hydrogens is 212 g/mol. The predicted molar refractivity (Wildman–Crippen MR) is 56.5 cm³/mol. The molecule has 3 aliphatic rings. The summed E-state index contributed by atoms with van der Waals surface area (Å²) in [6.07, 6.45) is 7.72. The van der Waals surface area contributed by atoms with Gasteiger partial charge in [0.05, 0.1) is 0 Å². The van der Waals surface area contributed by atoms with Crippen LogP contribution in [-0.4, -0.2) is 36.7 Å². The number of hydrogen-bond acceptors (Lipinski definition) is 3. The van der Waals surface area contributed by atoms with Crippen LogP contribution >= 0.6 is 0 Å². The van der Waals surface area contributed by atoms with Gasteiger partial charge in [-0.25, -0.2) is 8.42 Å². The van der Waals surface area contributed by atoms with Crippen molar-refractivity contribution in [1.82, 2.24) is 9.62 Å². The van der Waals surface area contributed by atoms with Crippen LogP contribution in [0.5, 0.6) is 0 Å². The van der Waals surface area contributed by atoms with Crippen molar-refractivity contribution in [2.75, 3.05) is 6.54 Å². The third-order valence-corrected chi connectivity index (χ3v) is 5.53. The Balaban J connectivity index is 1.81. The van der Waals surface area contributed by atoms with Crippen LogP contribution in [-0.2, 0) is 10.0 Å². The highest BCUT2D eigenvalue weighted by molar-refractivity contribution is 7.89. The zero-order valence-electron chi connectivity index (χ0n) is 8.65. The zero-order valence-corrected chi connectivity index (χ0v) is 9.46. The maximum Gasteiger partial charge on any atom is 0.230 e. The van der Waals surface area contributed by atoms with Crippen LogP contribution in [0.3, 0.4) is 0 Å². The molecule has 5 heteroatoms. The molecule has 1 aliphatic heterocycles. The Labute approximate surface area is 91.1 Å². The van der Waals surface area contributed by atoms with Gasteiger partial charge in [0.1, 0.15) is 5.37 Å². The fraction of sp³-hybridized carbons (Fsp3) is 0.900. The van der Waals surface area contributed by atoms with E-state index in [1.54, 1.807) is 4.31 Å². The molecule has 15 heavy (non-hydrogen) atoms. The maximum atomic E-state index is 12.3. The molecule has 0 bridgehead atoms. The molecule has 2 aliphatic carbocycles. The number of nitrogens with one attached hydrogen (secondary N) is 1. The summed E-state index contributed by atoms with van der Waals surface area (Å²) in [5.41, 5.74) is 0. The summed E-state index contributed by atoms with van der Waals surface area (Å²) in [5, 5.41) is 2.75. The van der Waals surface area contributed by atoms with E-state index in [0.29, 0.717) is 0 Å². The highest BCUT2D eigenvalue weighted by Crippen LogP contribution is 2.40. The predicted octanol–water partition coefficient (Wildman–Crippen LogP) is 0.344. The molecule has 0 aromatic heterocycles. The van der Waals surface area contributed by atoms with E-state index in [1.807, 2.05) is 0 Å². The summed E-state index contributed by atoms with van der Waals surface area (Å²) in [4.78, 5) is 0. The SMILES string of the molecule is O=S(=O)(C1CCCN1)N(C1CC1)[C@@H]1[C]C1. The molecule has 0 spiro atoms. The number of rotatable bonds is 4. The highest BCUT2D eigenvalue weighted by atomic mass is 32.2. The molecule has 3 fully saturated rings. The Morgan fingerprint density at radius 2 is 2.00 bits per heavy atom. The Morgan fingerprint density at radius 3 is 2.47 bits per heavy atom. The Morgan fingerprint density at radius 1 is 1.27 bits per heavy atom. The molecule has 1 saturated heterocycles. The first-order valence-electron chi connectivity index (χ1n) is 5.69. The first-order chi connectivity index (χ1) is 7.19. The van der Waals surface area contributed by atoms with Gasteiger partial charge in [0.15, 0.2) is 0 Å². The summed E-state index contributed by atoms with van der Waals surface area (Å²) in [7, 11) is -3.11. The Hall–Kier alpha value is -0.130. The first kappa shape index (κ1) is 10.1. The third-order valence-electron chi connectivity index (χ3n) is 3.27. The van der Waals surface area contributed by atoms with Gasteiger partial charge >= 0.3 is 0 Å². The van der Waals surface area contributed by atoms with Crippen molar-refractivity contribution < 1.29 is 8.42 Å². The maximum absolute atomic E-state index is 12.3. The van der Waals surface area contributed by atoms with Gasteiger partial charge in [0, 0.05) is 18.5 Å². The van der Waals surface area contributed by atoms with Crippen LogP contribution in [0, 0.1) is 6.42 Å². The molecule has 0 aromatic rings. The average molecular weight is 228 g/mol. The lowest BCUT2D eigenvalue weighted by Gasteiger charge is -2.25. The fourth-order valence-electron chi connectivity index (χ4n) is 2.26. The molecule has 2 saturated carbocycles. The van der Waals surface area contributed by atoms with Gasteiger partial charge in [0.25, 0.3) is 0 Å². The van der Waals surface area contributed by atoms with Gasteiger partial charge in [-0.1, -0.05) is 0 Å². The zero-order chi connectivity index (χ0) is 10.5. The van der Waals surface area contributed by atoms with E-state index in [0.717, 1.165) is 38.6 Å². The lowest BCUT2D eigenvalue weighted by Crippen LogP contribution is -2.45. The second-order valence-corrected chi connectivity index (χ2v) is 6.64. The number of nitrogens with zero attached hydrogens (tertiary/aromatic N) is 1. The van der Waals surface area contributed by atoms with Gasteiger partial charge in [-0.15, -0.1) is 0 Å². The largest absolute Gasteiger partial charge is 0.300 e. The van der Waals surface area contributed by atoms with Crippen LogP contribution in [0.2, 0.25) is 0 Å². The van der Waals surface area contributed by atoms with E-state index in [2.05, 4.69) is 11.7 Å². The van der Waals surface area contributed by atoms with Gasteiger partial charge in [0.2, 0.25) is 10.0 Å². The fourth-order valence-corrected chi connectivity index (χ4v) is 4.47. The van der Waals surface area contributed by atoms with Crippen LogP contribution in [0.25, 0.3) is 0 Å². The quantitative estimate of drug-likeness (QED) is 0.755. The van der Waals surface area contributed by atoms with E-state index in [9.17, 15) is 8.42 Å². The molecule has 0 aromatic carbocycles. The molecule has 84 valence electrons. The standard InChI is InChI=1S/C10H16N2O2S/c13-15(14,10-2-1-7-11-10)12(8-3-4-8)9-5-6-9/h8-11H,1-5,7H2/t9-,10?/m0/s1. The normalized spacial score (nSPS) is 32.5. The van der Waals surface area contributed by atoms with Crippen LogP contribution in [0.15, 0.2) is 0 Å². The van der Waals surface area contributed by atoms with Crippen molar-refractivity contribution in [1.29, 1.82) is 0 Å². The van der Waals surface area contributed by atoms with E-state index in [4.69, 9.17) is 0 Å². The lowest BCUT2D eigenvalue weighted by atomic mass is 10.4. The second kappa shape index (κ2) is 3.43. The van der Waals surface area contributed by atoms with Crippen molar-refractivity contribution in [2.24, 2.45) is 0 Å². The minimum absolute atomic E-state index is 0.0879. The molecule has 3 rings (SSSR count). The van der Waals surface area contributed by atoms with Crippen molar-refractivity contribution in [2.45, 2.75) is 49.6 Å². The van der Waals surface area contributed by atoms with E-state index < -0.39 is 10.0 Å². The minimum Gasteiger partial charge on any atom is -0.300 e. The summed E-state index contributed by atoms with van der Waals surface area (Å²) in [5.74, 6) is 0. The summed E-state index contributed by atoms with van der Waals surface area (Å²) < 4.78 is 26.4. The smallest absolute Gasteiger partial charge is 0.230 e. The van der Waals surface area contributed by atoms with Crippen molar-refractivity contribution in [3.05, 3.63) is 6.42 Å². The Kier molecular flexibility index (Phi) is 2.30. The number of hydrogen-bond donors (Lipinski definition) is 1. The van der Waals surface area contributed by atoms with Gasteiger partial charge in [-0.05, 0) is 38.6 Å². The molecule has 1 heterocycles. The Bertz CT molecular complexity index is 328. The van der Waals surface area contributed by atoms with Crippen LogP contribution in [0.1, 0.15) is 32.1 Å². The number of sulfonamides is 1. The summed E-state index contributed by atoms with van der Waals surface area (Å²) in [6.45, 7) is 0.834. The molecule has 4 nitrogen and oxygen atoms in total. The van der Waals surface area contributed by atoms with Crippen LogP contribution in [0.4, 0.5) is 0 Å². The molecule has 2 radical (unpaired) electrons. The second-order valence-electron chi connectivity index (χ2n) is 4.62. The van der Waals surface area contributed by atoms with E-state index in [-0.39, 0.29) is 17.5 Å². The third kappa shape index (κ3) is 1.81. The van der Waals surface area contributed by atoms with E-state index >= 15 is 0 Å². The van der Waals surface area contributed by atoms with Crippen molar-refractivity contribution in [3.8, 4) is 0 Å². The van der Waals surface area contributed by atoms with Gasteiger partial charge in [-0.3, -0.25) is 5.32 Å². The molecular formula is C10H16N2O2S. The topological polar surface area (TPSA) is 49.4 Å². The van der Waals surface area contributed by atoms with Gasteiger partial charge in [-0.2, -0.15) is 4.31 Å². The average Bonchev–Trinajstić information content (AvgIpc) is 3.11. The monoisotopic (exact) mass is 228 g/mol. The molecule has 0 amide bonds. The summed E-state index contributed by atoms with van der Waals surface area (Å²) >= 11 is 0. The highest BCUT2D eigenvalue weighted by Gasteiger charge is 2.49. The van der Waals surface area contributed by atoms with Gasteiger partial charge < -0.3 is 0 Å². The molecule has 1 N–H and O–H groups in total. The minimum atomic E-state index is -3.11. The van der Waals surface area contributed by atoms with E-state index in [1.165, 1.54) is 0 Å². The summed E-state index contributed by atoms with van der Waals surface area (Å²) in [6, 6.07) is 0.363. The molecule has 1 unspecified atom stereocenters. The van der Waals surface area contributed by atoms with Crippen molar-refractivity contribution in [3.63, 3.8) is 0 Å². The first-order valence-corrected chi connectivity index (χ1v) is 7.19.